The molecule has 27 heavy (non-hydrogen) atoms. The van der Waals surface area contributed by atoms with Crippen LogP contribution in [0, 0.1) is 11.3 Å². The molecule has 0 amide bonds. The molecule has 0 aliphatic heterocycles. The van der Waals surface area contributed by atoms with Crippen LogP contribution in [-0.2, 0) is 30.5 Å². The second-order valence-corrected chi connectivity index (χ2v) is 7.80. The number of carbonyl (C=O) groups excluding carboxylic acids is 1. The number of allylic oxidation sites excluding steroid dienone is 2. The molecule has 5 rings (SSSR count). The second kappa shape index (κ2) is 9.03. The molecule has 4 N–H and O–H groups in total. The van der Waals surface area contributed by atoms with Crippen LogP contribution in [0.5, 0.6) is 0 Å². The predicted octanol–water partition coefficient (Wildman–Crippen LogP) is 3.68. The zero-order valence-corrected chi connectivity index (χ0v) is 16.1. The van der Waals surface area contributed by atoms with Crippen LogP contribution in [-0.4, -0.2) is 10.8 Å². The maximum absolute atomic E-state index is 10.2. The molecule has 0 atom stereocenters. The smallest absolute Gasteiger partial charge is 0.132 e. The van der Waals surface area contributed by atoms with E-state index in [0.29, 0.717) is 5.78 Å². The number of hydrogen-bond acceptors (Lipinski definition) is 5. The van der Waals surface area contributed by atoms with Crippen LogP contribution in [0.2, 0.25) is 0 Å². The van der Waals surface area contributed by atoms with Crippen LogP contribution in [0.3, 0.4) is 0 Å². The molecular weight excluding hydrogens is 336 g/mol. The first-order valence-corrected chi connectivity index (χ1v) is 10.3. The number of nitrogens with zero attached hydrogens (tertiary/aromatic N) is 2. The largest absolute Gasteiger partial charge is 0.401 e. The van der Waals surface area contributed by atoms with Gasteiger partial charge < -0.3 is 11.5 Å². The number of rotatable bonds is 0. The first kappa shape index (κ1) is 19.4. The van der Waals surface area contributed by atoms with Crippen molar-refractivity contribution in [2.45, 2.75) is 83.5 Å². The van der Waals surface area contributed by atoms with Crippen molar-refractivity contribution in [1.29, 1.82) is 5.26 Å². The zero-order chi connectivity index (χ0) is 19.2. The van der Waals surface area contributed by atoms with E-state index in [0.717, 1.165) is 87.6 Å². The molecule has 5 nitrogen and oxygen atoms in total. The van der Waals surface area contributed by atoms with Gasteiger partial charge in [-0.1, -0.05) is 0 Å². The van der Waals surface area contributed by atoms with E-state index in [2.05, 4.69) is 6.07 Å². The van der Waals surface area contributed by atoms with E-state index in [1.54, 1.807) is 0 Å². The number of anilines is 1. The fourth-order valence-corrected chi connectivity index (χ4v) is 4.29. The van der Waals surface area contributed by atoms with Gasteiger partial charge in [-0.05, 0) is 81.8 Å². The lowest BCUT2D eigenvalue weighted by Crippen LogP contribution is -2.03. The number of fused-ring (bicyclic) bond motifs is 2. The summed E-state index contributed by atoms with van der Waals surface area (Å²) in [5, 5.41) is 8.35. The number of Topliss-reactive ketones (excluding diaryl/α,β-unsaturated/α-hetero) is 1. The lowest BCUT2D eigenvalue weighted by molar-refractivity contribution is -0.117. The average Bonchev–Trinajstić information content (AvgIpc) is 3.43. The SMILES string of the molecule is N#CC1=C(N)CCC1.Nc1c2c(nc3c1CCC3)CCC2.O=C1CCCC1. The molecule has 4 aliphatic carbocycles. The third-order valence-electron chi connectivity index (χ3n) is 5.85. The Bertz CT molecular complexity index is 748. The topological polar surface area (TPSA) is 106 Å². The highest BCUT2D eigenvalue weighted by atomic mass is 16.1. The molecule has 0 spiro atoms. The van der Waals surface area contributed by atoms with E-state index < -0.39 is 0 Å². The Labute approximate surface area is 161 Å². The molecule has 0 aromatic carbocycles. The Morgan fingerprint density at radius 2 is 1.30 bits per heavy atom. The average molecular weight is 367 g/mol. The van der Waals surface area contributed by atoms with Crippen LogP contribution in [0.4, 0.5) is 5.69 Å². The Kier molecular flexibility index (Phi) is 6.49. The van der Waals surface area contributed by atoms with Crippen LogP contribution < -0.4 is 11.5 Å². The molecule has 1 heterocycles. The third-order valence-corrected chi connectivity index (χ3v) is 5.85. The fraction of sp³-hybridized carbons (Fsp3) is 0.591. The van der Waals surface area contributed by atoms with Gasteiger partial charge in [-0.25, -0.2) is 0 Å². The highest BCUT2D eigenvalue weighted by Gasteiger charge is 2.23. The molecule has 0 radical (unpaired) electrons. The summed E-state index contributed by atoms with van der Waals surface area (Å²) in [5.74, 6) is 0.454. The molecule has 4 aliphatic rings. The number of nitriles is 1. The van der Waals surface area contributed by atoms with Gasteiger partial charge in [-0.3, -0.25) is 9.78 Å². The van der Waals surface area contributed by atoms with Gasteiger partial charge in [0.1, 0.15) is 5.78 Å². The molecule has 1 fully saturated rings. The third kappa shape index (κ3) is 4.68. The number of pyridine rings is 1. The summed E-state index contributed by atoms with van der Waals surface area (Å²) in [7, 11) is 0. The quantitative estimate of drug-likeness (QED) is 0.728. The van der Waals surface area contributed by atoms with Gasteiger partial charge in [-0.15, -0.1) is 0 Å². The van der Waals surface area contributed by atoms with Crippen molar-refractivity contribution in [3.05, 3.63) is 33.8 Å². The Morgan fingerprint density at radius 3 is 1.67 bits per heavy atom. The van der Waals surface area contributed by atoms with E-state index in [1.807, 2.05) is 0 Å². The van der Waals surface area contributed by atoms with Crippen molar-refractivity contribution in [1.82, 2.24) is 4.98 Å². The van der Waals surface area contributed by atoms with Crippen LogP contribution in [0.1, 0.15) is 80.3 Å². The van der Waals surface area contributed by atoms with Gasteiger partial charge in [0.2, 0.25) is 0 Å². The zero-order valence-electron chi connectivity index (χ0n) is 16.1. The molecule has 144 valence electrons. The molecule has 1 saturated carbocycles. The van der Waals surface area contributed by atoms with Crippen molar-refractivity contribution in [3.8, 4) is 6.07 Å². The van der Waals surface area contributed by atoms with Crippen molar-refractivity contribution in [2.75, 3.05) is 5.73 Å². The number of nitrogen functional groups attached to an aromatic ring is 1. The lowest BCUT2D eigenvalue weighted by Gasteiger charge is -2.08. The van der Waals surface area contributed by atoms with Gasteiger partial charge in [-0.2, -0.15) is 5.26 Å². The van der Waals surface area contributed by atoms with E-state index in [-0.39, 0.29) is 0 Å². The highest BCUT2D eigenvalue weighted by molar-refractivity contribution is 5.80. The number of ketones is 1. The Morgan fingerprint density at radius 1 is 0.741 bits per heavy atom. The number of aromatic nitrogens is 1. The van der Waals surface area contributed by atoms with Gasteiger partial charge >= 0.3 is 0 Å². The van der Waals surface area contributed by atoms with Crippen LogP contribution in [0.25, 0.3) is 0 Å². The van der Waals surface area contributed by atoms with Crippen molar-refractivity contribution >= 4 is 11.5 Å². The normalized spacial score (nSPS) is 19.6. The monoisotopic (exact) mass is 366 g/mol. The summed E-state index contributed by atoms with van der Waals surface area (Å²) in [6.07, 6.45) is 13.9. The Hall–Kier alpha value is -2.35. The first-order chi connectivity index (χ1) is 13.1. The van der Waals surface area contributed by atoms with E-state index in [1.165, 1.54) is 35.4 Å². The maximum atomic E-state index is 10.2. The van der Waals surface area contributed by atoms with Gasteiger partial charge in [0.05, 0.1) is 6.07 Å². The minimum absolute atomic E-state index is 0.454. The molecular formula is C22H30N4O. The number of nitrogens with two attached hydrogens (primary N) is 2. The standard InChI is InChI=1S/C11H14N2.C6H8N2.C5H8O/c12-11-7-3-1-5-9(7)13-10-6-2-4-8(10)11;7-4-5-2-1-3-6(5)8;6-5-3-1-2-4-5/h1-6H2,(H2,12,13);1-3,8H2;1-4H2. The summed E-state index contributed by atoms with van der Waals surface area (Å²) in [5.41, 5.74) is 19.6. The van der Waals surface area contributed by atoms with E-state index >= 15 is 0 Å². The summed E-state index contributed by atoms with van der Waals surface area (Å²) in [6, 6.07) is 2.07. The second-order valence-electron chi connectivity index (χ2n) is 7.80. The Balaban J connectivity index is 0.000000129. The summed E-state index contributed by atoms with van der Waals surface area (Å²) in [6.45, 7) is 0. The van der Waals surface area contributed by atoms with Crippen molar-refractivity contribution in [3.63, 3.8) is 0 Å². The molecule has 1 aromatic heterocycles. The fourth-order valence-electron chi connectivity index (χ4n) is 4.29. The van der Waals surface area contributed by atoms with Gasteiger partial charge in [0, 0.05) is 41.2 Å². The summed E-state index contributed by atoms with van der Waals surface area (Å²) < 4.78 is 0. The molecule has 0 bridgehead atoms. The number of aryl methyl sites for hydroxylation is 2. The van der Waals surface area contributed by atoms with Gasteiger partial charge in [0.25, 0.3) is 0 Å². The van der Waals surface area contributed by atoms with Crippen LogP contribution >= 0.6 is 0 Å². The van der Waals surface area contributed by atoms with Crippen molar-refractivity contribution < 1.29 is 4.79 Å². The van der Waals surface area contributed by atoms with E-state index in [4.69, 9.17) is 21.7 Å². The molecule has 0 unspecified atom stereocenters. The summed E-state index contributed by atoms with van der Waals surface area (Å²) >= 11 is 0. The molecule has 0 saturated heterocycles. The molecule has 1 aromatic rings. The minimum Gasteiger partial charge on any atom is -0.401 e. The summed E-state index contributed by atoms with van der Waals surface area (Å²) in [4.78, 5) is 15.0. The van der Waals surface area contributed by atoms with E-state index in [9.17, 15) is 4.79 Å². The predicted molar refractivity (Wildman–Crippen MR) is 107 cm³/mol. The number of carbonyl (C=O) groups is 1. The first-order valence-electron chi connectivity index (χ1n) is 10.3. The van der Waals surface area contributed by atoms with Gasteiger partial charge in [0.15, 0.2) is 0 Å². The van der Waals surface area contributed by atoms with Crippen molar-refractivity contribution in [2.24, 2.45) is 5.73 Å². The highest BCUT2D eigenvalue weighted by Crippen LogP contribution is 2.34. The maximum Gasteiger partial charge on any atom is 0.132 e. The lowest BCUT2D eigenvalue weighted by atomic mass is 10.1. The number of hydrogen-bond donors (Lipinski definition) is 2. The molecule has 5 heteroatoms. The van der Waals surface area contributed by atoms with Crippen LogP contribution in [0.15, 0.2) is 11.3 Å². The minimum atomic E-state index is 0.454.